The highest BCUT2D eigenvalue weighted by atomic mass is 32.1. The number of rotatable bonds is 4. The van der Waals surface area contributed by atoms with Crippen LogP contribution in [0.1, 0.15) is 12.0 Å². The minimum atomic E-state index is -0.189. The van der Waals surface area contributed by atoms with Crippen molar-refractivity contribution in [3.63, 3.8) is 0 Å². The maximum absolute atomic E-state index is 12.7. The van der Waals surface area contributed by atoms with E-state index in [4.69, 9.17) is 12.2 Å². The first-order valence-electron chi connectivity index (χ1n) is 9.68. The fourth-order valence-corrected chi connectivity index (χ4v) is 3.96. The molecule has 1 N–H and O–H groups in total. The Morgan fingerprint density at radius 1 is 1.17 bits per heavy atom. The third-order valence-corrected chi connectivity index (χ3v) is 5.60. The number of carbonyl (C=O) groups is 1. The number of para-hydroxylation sites is 1. The number of aromatic amines is 1. The number of hydrogen-bond acceptors (Lipinski definition) is 6. The Hall–Kier alpha value is -3.51. The molecule has 1 aliphatic rings. The van der Waals surface area contributed by atoms with Crippen LogP contribution >= 0.6 is 12.2 Å². The number of anilines is 1. The average molecular weight is 420 g/mol. The molecule has 0 atom stereocenters. The van der Waals surface area contributed by atoms with Crippen LogP contribution in [-0.4, -0.2) is 51.5 Å². The lowest BCUT2D eigenvalue weighted by Gasteiger charge is -2.35. The molecule has 8 nitrogen and oxygen atoms in total. The maximum atomic E-state index is 12.7. The molecule has 2 aromatic heterocycles. The molecule has 1 saturated heterocycles. The van der Waals surface area contributed by atoms with E-state index in [1.54, 1.807) is 41.4 Å². The van der Waals surface area contributed by atoms with Crippen LogP contribution in [0.15, 0.2) is 47.4 Å². The molecular formula is C21H20N6O2S. The van der Waals surface area contributed by atoms with Gasteiger partial charge in [-0.15, -0.1) is 0 Å². The standard InChI is InChI=1S/C21H20N6O2S/c22-14-15-4-3-8-23-19(15)26-12-10-25(11-13-26)18(28)7-9-27-20(29)16-5-1-2-6-17(16)24-21(27)30/h1-6,8H,7,9-13H2,(H,24,30). The van der Waals surface area contributed by atoms with Crippen molar-refractivity contribution < 1.29 is 4.79 Å². The van der Waals surface area contributed by atoms with Crippen LogP contribution in [0, 0.1) is 16.1 Å². The highest BCUT2D eigenvalue weighted by Gasteiger charge is 2.23. The zero-order chi connectivity index (χ0) is 21.1. The quantitative estimate of drug-likeness (QED) is 0.649. The van der Waals surface area contributed by atoms with Crippen molar-refractivity contribution in [3.8, 4) is 6.07 Å². The summed E-state index contributed by atoms with van der Waals surface area (Å²) in [4.78, 5) is 36.6. The van der Waals surface area contributed by atoms with Crippen molar-refractivity contribution in [2.24, 2.45) is 0 Å². The first kappa shape index (κ1) is 19.8. The molecule has 1 aliphatic heterocycles. The van der Waals surface area contributed by atoms with E-state index in [2.05, 4.69) is 16.0 Å². The summed E-state index contributed by atoms with van der Waals surface area (Å²) < 4.78 is 1.76. The number of nitrogens with zero attached hydrogens (tertiary/aromatic N) is 5. The van der Waals surface area contributed by atoms with Crippen LogP contribution in [0.4, 0.5) is 5.82 Å². The van der Waals surface area contributed by atoms with E-state index in [9.17, 15) is 14.9 Å². The van der Waals surface area contributed by atoms with Gasteiger partial charge in [0.05, 0.1) is 16.5 Å². The van der Waals surface area contributed by atoms with Crippen LogP contribution in [0.3, 0.4) is 0 Å². The highest BCUT2D eigenvalue weighted by Crippen LogP contribution is 2.18. The zero-order valence-corrected chi connectivity index (χ0v) is 17.1. The Kier molecular flexibility index (Phi) is 5.59. The Morgan fingerprint density at radius 3 is 2.70 bits per heavy atom. The Morgan fingerprint density at radius 2 is 1.93 bits per heavy atom. The van der Waals surface area contributed by atoms with Gasteiger partial charge in [0.25, 0.3) is 5.56 Å². The van der Waals surface area contributed by atoms with E-state index in [0.29, 0.717) is 53.2 Å². The topological polar surface area (TPSA) is 98.0 Å². The molecule has 3 aromatic rings. The Balaban J connectivity index is 1.41. The number of aromatic nitrogens is 3. The summed E-state index contributed by atoms with van der Waals surface area (Å²) in [5.74, 6) is 0.631. The molecule has 4 rings (SSSR count). The molecule has 30 heavy (non-hydrogen) atoms. The van der Waals surface area contributed by atoms with Crippen LogP contribution in [0.5, 0.6) is 0 Å². The van der Waals surface area contributed by atoms with Gasteiger partial charge in [-0.3, -0.25) is 14.2 Å². The second-order valence-electron chi connectivity index (χ2n) is 7.04. The highest BCUT2D eigenvalue weighted by molar-refractivity contribution is 7.71. The number of nitrogens with one attached hydrogen (secondary N) is 1. The molecule has 3 heterocycles. The monoisotopic (exact) mass is 420 g/mol. The molecule has 1 aromatic carbocycles. The van der Waals surface area contributed by atoms with E-state index in [0.717, 1.165) is 0 Å². The minimum Gasteiger partial charge on any atom is -0.352 e. The summed E-state index contributed by atoms with van der Waals surface area (Å²) in [6, 6.07) is 12.8. The normalized spacial score (nSPS) is 14.0. The number of piperazine rings is 1. The number of carbonyl (C=O) groups excluding carboxylic acids is 1. The summed E-state index contributed by atoms with van der Waals surface area (Å²) in [5.41, 5.74) is 1.03. The van der Waals surface area contributed by atoms with Gasteiger partial charge in [-0.25, -0.2) is 4.98 Å². The van der Waals surface area contributed by atoms with Crippen molar-refractivity contribution in [2.45, 2.75) is 13.0 Å². The molecule has 0 saturated carbocycles. The number of pyridine rings is 1. The van der Waals surface area contributed by atoms with Crippen LogP contribution < -0.4 is 10.5 Å². The van der Waals surface area contributed by atoms with Gasteiger partial charge in [0, 0.05) is 45.3 Å². The van der Waals surface area contributed by atoms with Crippen molar-refractivity contribution in [1.82, 2.24) is 19.4 Å². The SMILES string of the molecule is N#Cc1cccnc1N1CCN(C(=O)CCn2c(=S)[nH]c3ccccc3c2=O)CC1. The van der Waals surface area contributed by atoms with Crippen molar-refractivity contribution in [3.05, 3.63) is 63.3 Å². The number of H-pyrrole nitrogens is 1. The molecule has 0 radical (unpaired) electrons. The second kappa shape index (κ2) is 8.47. The van der Waals surface area contributed by atoms with Crippen molar-refractivity contribution in [1.29, 1.82) is 5.26 Å². The summed E-state index contributed by atoms with van der Waals surface area (Å²) >= 11 is 5.31. The van der Waals surface area contributed by atoms with Gasteiger partial charge in [-0.2, -0.15) is 5.26 Å². The third-order valence-electron chi connectivity index (χ3n) is 5.28. The molecular weight excluding hydrogens is 400 g/mol. The first-order valence-corrected chi connectivity index (χ1v) is 10.1. The van der Waals surface area contributed by atoms with Gasteiger partial charge >= 0.3 is 0 Å². The summed E-state index contributed by atoms with van der Waals surface area (Å²) in [5, 5.41) is 9.81. The van der Waals surface area contributed by atoms with Gasteiger partial charge in [-0.1, -0.05) is 12.1 Å². The average Bonchev–Trinajstić information content (AvgIpc) is 2.79. The lowest BCUT2D eigenvalue weighted by atomic mass is 10.2. The van der Waals surface area contributed by atoms with E-state index >= 15 is 0 Å². The van der Waals surface area contributed by atoms with Crippen LogP contribution in [0.25, 0.3) is 10.9 Å². The largest absolute Gasteiger partial charge is 0.352 e. The second-order valence-corrected chi connectivity index (χ2v) is 7.42. The van der Waals surface area contributed by atoms with Gasteiger partial charge in [0.15, 0.2) is 4.77 Å². The van der Waals surface area contributed by atoms with Crippen molar-refractivity contribution in [2.75, 3.05) is 31.1 Å². The summed E-state index contributed by atoms with van der Waals surface area (Å²) in [6.45, 7) is 2.53. The minimum absolute atomic E-state index is 0.0226. The molecule has 0 spiro atoms. The number of hydrogen-bond donors (Lipinski definition) is 1. The van der Waals surface area contributed by atoms with E-state index < -0.39 is 0 Å². The van der Waals surface area contributed by atoms with Crippen LogP contribution in [0.2, 0.25) is 0 Å². The van der Waals surface area contributed by atoms with Gasteiger partial charge in [0.1, 0.15) is 11.9 Å². The Bertz CT molecular complexity index is 1250. The predicted octanol–water partition coefficient (Wildman–Crippen LogP) is 2.06. The lowest BCUT2D eigenvalue weighted by Crippen LogP contribution is -2.49. The number of amides is 1. The van der Waals surface area contributed by atoms with Crippen molar-refractivity contribution >= 4 is 34.8 Å². The fraction of sp³-hybridized carbons (Fsp3) is 0.286. The van der Waals surface area contributed by atoms with E-state index in [-0.39, 0.29) is 24.4 Å². The predicted molar refractivity (Wildman–Crippen MR) is 116 cm³/mol. The third kappa shape index (κ3) is 3.82. The zero-order valence-electron chi connectivity index (χ0n) is 16.2. The molecule has 1 amide bonds. The maximum Gasteiger partial charge on any atom is 0.262 e. The molecule has 152 valence electrons. The van der Waals surface area contributed by atoms with E-state index in [1.807, 2.05) is 11.0 Å². The molecule has 0 aliphatic carbocycles. The summed E-state index contributed by atoms with van der Waals surface area (Å²) in [6.07, 6.45) is 1.86. The number of fused-ring (bicyclic) bond motifs is 1. The molecule has 0 unspecified atom stereocenters. The van der Waals surface area contributed by atoms with Gasteiger partial charge in [-0.05, 0) is 36.5 Å². The van der Waals surface area contributed by atoms with E-state index in [1.165, 1.54) is 4.57 Å². The number of benzene rings is 1. The number of nitriles is 1. The smallest absolute Gasteiger partial charge is 0.262 e. The lowest BCUT2D eigenvalue weighted by molar-refractivity contribution is -0.131. The molecule has 9 heteroatoms. The Labute approximate surface area is 178 Å². The molecule has 1 fully saturated rings. The molecule has 0 bridgehead atoms. The first-order chi connectivity index (χ1) is 14.6. The van der Waals surface area contributed by atoms with Gasteiger partial charge < -0.3 is 14.8 Å². The van der Waals surface area contributed by atoms with Crippen LogP contribution in [-0.2, 0) is 11.3 Å². The van der Waals surface area contributed by atoms with Gasteiger partial charge in [0.2, 0.25) is 5.91 Å². The fourth-order valence-electron chi connectivity index (χ4n) is 3.67. The summed E-state index contributed by atoms with van der Waals surface area (Å²) in [7, 11) is 0.